The van der Waals surface area contributed by atoms with E-state index in [1.165, 1.54) is 14.2 Å². The van der Waals surface area contributed by atoms with Crippen LogP contribution < -0.4 is 10.6 Å². The molecule has 2 atom stereocenters. The Balaban J connectivity index is 0.000000440. The molecule has 2 saturated carbocycles. The molecule has 0 unspecified atom stereocenters. The summed E-state index contributed by atoms with van der Waals surface area (Å²) in [6.45, 7) is 0.222. The van der Waals surface area contributed by atoms with E-state index in [1.807, 2.05) is 0 Å². The van der Waals surface area contributed by atoms with E-state index >= 15 is 0 Å². The summed E-state index contributed by atoms with van der Waals surface area (Å²) in [7, 11) is 2.63. The Bertz CT molecular complexity index is 813. The highest BCUT2D eigenvalue weighted by Crippen LogP contribution is 2.22. The van der Waals surface area contributed by atoms with Crippen molar-refractivity contribution >= 4 is 30.4 Å². The maximum Gasteiger partial charge on any atom is 0.408 e. The standard InChI is InChI=1S/C16H29NO5.C16H27NO5/c2*1-21-15(19)14(11-5-3-2-4-8-12-18)17-16(20)22-13-9-6-7-10-13/h13-14,18H,2-12H2,1H3,(H,17,20);12-14H,2-11H2,1H3,(H,17,20)/t2*14-/m00/s1. The Morgan fingerprint density at radius 1 is 0.659 bits per heavy atom. The molecular formula is C32H56N2O10. The number of ether oxygens (including phenoxy) is 4. The number of aliphatic hydroxyl groups excluding tert-OH is 1. The second-order valence-corrected chi connectivity index (χ2v) is 11.5. The number of rotatable bonds is 20. The van der Waals surface area contributed by atoms with Crippen LogP contribution in [0.2, 0.25) is 0 Å². The molecule has 2 amide bonds. The van der Waals surface area contributed by atoms with Crippen molar-refractivity contribution in [2.24, 2.45) is 0 Å². The normalized spacial score (nSPS) is 16.2. The predicted octanol–water partition coefficient (Wildman–Crippen LogP) is 5.27. The number of aliphatic hydroxyl groups is 1. The highest BCUT2D eigenvalue weighted by Gasteiger charge is 2.26. The fourth-order valence-electron chi connectivity index (χ4n) is 5.37. The van der Waals surface area contributed by atoms with E-state index in [4.69, 9.17) is 24.1 Å². The number of carbonyl (C=O) groups excluding carboxylic acids is 5. The summed E-state index contributed by atoms with van der Waals surface area (Å²) >= 11 is 0. The molecule has 0 spiro atoms. The number of methoxy groups -OCH3 is 2. The molecule has 0 bridgehead atoms. The molecule has 12 heteroatoms. The fourth-order valence-corrected chi connectivity index (χ4v) is 5.37. The van der Waals surface area contributed by atoms with Crippen LogP contribution in [0.15, 0.2) is 0 Å². The van der Waals surface area contributed by atoms with Crippen molar-refractivity contribution in [3.63, 3.8) is 0 Å². The molecule has 2 aliphatic carbocycles. The summed E-state index contributed by atoms with van der Waals surface area (Å²) in [6, 6.07) is -1.30. The summed E-state index contributed by atoms with van der Waals surface area (Å²) in [5.74, 6) is -0.880. The summed E-state index contributed by atoms with van der Waals surface area (Å²) in [6.07, 6.45) is 17.5. The minimum Gasteiger partial charge on any atom is -0.467 e. The van der Waals surface area contributed by atoms with Gasteiger partial charge in [0.05, 0.1) is 14.2 Å². The molecule has 0 aromatic rings. The lowest BCUT2D eigenvalue weighted by atomic mass is 10.1. The first-order valence-electron chi connectivity index (χ1n) is 16.5. The molecule has 254 valence electrons. The van der Waals surface area contributed by atoms with Gasteiger partial charge in [0, 0.05) is 13.0 Å². The summed E-state index contributed by atoms with van der Waals surface area (Å²) < 4.78 is 20.1. The zero-order valence-electron chi connectivity index (χ0n) is 26.9. The van der Waals surface area contributed by atoms with E-state index in [-0.39, 0.29) is 18.8 Å². The summed E-state index contributed by atoms with van der Waals surface area (Å²) in [5.41, 5.74) is 0. The van der Waals surface area contributed by atoms with Crippen molar-refractivity contribution in [1.29, 1.82) is 0 Å². The lowest BCUT2D eigenvalue weighted by Crippen LogP contribution is -2.42. The average molecular weight is 629 g/mol. The number of unbranched alkanes of at least 4 members (excludes halogenated alkanes) is 8. The zero-order chi connectivity index (χ0) is 32.4. The molecule has 0 aromatic heterocycles. The molecule has 12 nitrogen and oxygen atoms in total. The smallest absolute Gasteiger partial charge is 0.408 e. The minimum atomic E-state index is -0.662. The maximum absolute atomic E-state index is 11.8. The number of amides is 2. The van der Waals surface area contributed by atoms with Crippen molar-refractivity contribution in [2.45, 2.75) is 153 Å². The highest BCUT2D eigenvalue weighted by atomic mass is 16.6. The first kappa shape index (κ1) is 39.1. The van der Waals surface area contributed by atoms with Crippen molar-refractivity contribution < 1.29 is 48.0 Å². The number of nitrogens with one attached hydrogen (secondary N) is 2. The van der Waals surface area contributed by atoms with Crippen molar-refractivity contribution in [2.75, 3.05) is 20.8 Å². The maximum atomic E-state index is 11.8. The number of hydrogen-bond donors (Lipinski definition) is 3. The van der Waals surface area contributed by atoms with Crippen molar-refractivity contribution in [3.05, 3.63) is 0 Å². The van der Waals surface area contributed by atoms with Gasteiger partial charge in [0.1, 0.15) is 30.6 Å². The van der Waals surface area contributed by atoms with Gasteiger partial charge in [-0.25, -0.2) is 19.2 Å². The molecule has 2 fully saturated rings. The molecule has 0 aromatic carbocycles. The highest BCUT2D eigenvalue weighted by molar-refractivity contribution is 5.81. The van der Waals surface area contributed by atoms with Gasteiger partial charge in [-0.3, -0.25) is 0 Å². The van der Waals surface area contributed by atoms with Gasteiger partial charge in [-0.2, -0.15) is 0 Å². The summed E-state index contributed by atoms with van der Waals surface area (Å²) in [5, 5.41) is 13.9. The predicted molar refractivity (Wildman–Crippen MR) is 164 cm³/mol. The van der Waals surface area contributed by atoms with Crippen LogP contribution in [0.1, 0.15) is 128 Å². The van der Waals surface area contributed by atoms with Gasteiger partial charge < -0.3 is 39.5 Å². The van der Waals surface area contributed by atoms with Crippen molar-refractivity contribution in [1.82, 2.24) is 10.6 Å². The van der Waals surface area contributed by atoms with E-state index in [1.54, 1.807) is 0 Å². The zero-order valence-corrected chi connectivity index (χ0v) is 26.9. The van der Waals surface area contributed by atoms with E-state index in [0.717, 1.165) is 115 Å². The van der Waals surface area contributed by atoms with Crippen LogP contribution in [-0.2, 0) is 33.3 Å². The molecule has 0 aliphatic heterocycles. The van der Waals surface area contributed by atoms with Gasteiger partial charge in [-0.05, 0) is 77.0 Å². The van der Waals surface area contributed by atoms with E-state index in [9.17, 15) is 24.0 Å². The SMILES string of the molecule is COC(=O)[C@H](CCCCCCC=O)NC(=O)OC1CCCC1.COC(=O)[C@H](CCCCCCCO)NC(=O)OC1CCCC1. The Labute approximate surface area is 262 Å². The molecule has 0 heterocycles. The van der Waals surface area contributed by atoms with Crippen LogP contribution in [-0.4, -0.2) is 80.6 Å². The monoisotopic (exact) mass is 628 g/mol. The molecule has 3 N–H and O–H groups in total. The first-order valence-corrected chi connectivity index (χ1v) is 16.5. The first-order chi connectivity index (χ1) is 21.3. The van der Waals surface area contributed by atoms with Gasteiger partial charge in [-0.15, -0.1) is 0 Å². The van der Waals surface area contributed by atoms with Crippen LogP contribution in [0.3, 0.4) is 0 Å². The number of carbonyl (C=O) groups is 5. The topological polar surface area (TPSA) is 167 Å². The van der Waals surface area contributed by atoms with E-state index < -0.39 is 36.2 Å². The Kier molecular flexibility index (Phi) is 22.6. The molecular weight excluding hydrogens is 572 g/mol. The Morgan fingerprint density at radius 2 is 1.05 bits per heavy atom. The van der Waals surface area contributed by atoms with Crippen molar-refractivity contribution in [3.8, 4) is 0 Å². The number of esters is 2. The van der Waals surface area contributed by atoms with Gasteiger partial charge in [0.2, 0.25) is 0 Å². The lowest BCUT2D eigenvalue weighted by Gasteiger charge is -2.18. The number of alkyl carbamates (subject to hydrolysis) is 2. The number of aldehydes is 1. The van der Waals surface area contributed by atoms with Gasteiger partial charge in [-0.1, -0.05) is 44.9 Å². The van der Waals surface area contributed by atoms with E-state index in [0.29, 0.717) is 19.3 Å². The minimum absolute atomic E-state index is 0.0169. The van der Waals surface area contributed by atoms with Gasteiger partial charge in [0.15, 0.2) is 0 Å². The third-order valence-corrected chi connectivity index (χ3v) is 7.92. The second-order valence-electron chi connectivity index (χ2n) is 11.5. The van der Waals surface area contributed by atoms with Crippen LogP contribution in [0.4, 0.5) is 9.59 Å². The van der Waals surface area contributed by atoms with Gasteiger partial charge in [0.25, 0.3) is 0 Å². The van der Waals surface area contributed by atoms with Crippen LogP contribution in [0, 0.1) is 0 Å². The molecule has 0 saturated heterocycles. The van der Waals surface area contributed by atoms with Crippen LogP contribution >= 0.6 is 0 Å². The van der Waals surface area contributed by atoms with Crippen LogP contribution in [0.25, 0.3) is 0 Å². The second kappa shape index (κ2) is 25.4. The largest absolute Gasteiger partial charge is 0.467 e. The molecule has 0 radical (unpaired) electrons. The Morgan fingerprint density at radius 3 is 1.43 bits per heavy atom. The third kappa shape index (κ3) is 18.7. The Hall–Kier alpha value is -2.89. The van der Waals surface area contributed by atoms with Crippen LogP contribution in [0.5, 0.6) is 0 Å². The lowest BCUT2D eigenvalue weighted by molar-refractivity contribution is -0.144. The molecule has 2 aliphatic rings. The third-order valence-electron chi connectivity index (χ3n) is 7.92. The summed E-state index contributed by atoms with van der Waals surface area (Å²) in [4.78, 5) is 57.3. The average Bonchev–Trinajstić information content (AvgIpc) is 3.73. The molecule has 44 heavy (non-hydrogen) atoms. The molecule has 2 rings (SSSR count). The van der Waals surface area contributed by atoms with Gasteiger partial charge >= 0.3 is 24.1 Å². The quantitative estimate of drug-likeness (QED) is 0.0700. The van der Waals surface area contributed by atoms with E-state index in [2.05, 4.69) is 10.6 Å². The fraction of sp³-hybridized carbons (Fsp3) is 0.844. The number of hydrogen-bond acceptors (Lipinski definition) is 10.